The Balaban J connectivity index is 2.00. The Hall–Kier alpha value is -2.73. The summed E-state index contributed by atoms with van der Waals surface area (Å²) in [7, 11) is 1.55. The minimum atomic E-state index is -0.505. The molecule has 2 amide bonds. The van der Waals surface area contributed by atoms with Crippen LogP contribution in [-0.2, 0) is 4.74 Å². The molecule has 0 saturated heterocycles. The number of carbonyl (C=O) groups is 2. The van der Waals surface area contributed by atoms with Crippen molar-refractivity contribution in [1.82, 2.24) is 5.32 Å². The summed E-state index contributed by atoms with van der Waals surface area (Å²) in [6, 6.07) is 12.0. The maximum Gasteiger partial charge on any atom is 0.255 e. The summed E-state index contributed by atoms with van der Waals surface area (Å²) in [4.78, 5) is 23.9. The topological polar surface area (TPSA) is 67.4 Å². The van der Waals surface area contributed by atoms with Gasteiger partial charge in [-0.2, -0.15) is 0 Å². The Bertz CT molecular complexity index is 686. The number of halogens is 1. The molecular formula is C17H17FN2O3. The molecule has 0 heterocycles. The van der Waals surface area contributed by atoms with Crippen LogP contribution < -0.4 is 10.6 Å². The molecule has 0 bridgehead atoms. The van der Waals surface area contributed by atoms with Crippen LogP contribution in [0.25, 0.3) is 0 Å². The van der Waals surface area contributed by atoms with Gasteiger partial charge in [0.2, 0.25) is 0 Å². The number of anilines is 1. The van der Waals surface area contributed by atoms with Gasteiger partial charge in [-0.15, -0.1) is 0 Å². The molecule has 0 aliphatic heterocycles. The first-order valence-corrected chi connectivity index (χ1v) is 7.05. The minimum absolute atomic E-state index is 0.110. The van der Waals surface area contributed by atoms with E-state index in [1.807, 2.05) is 0 Å². The molecule has 0 spiro atoms. The Labute approximate surface area is 133 Å². The lowest BCUT2D eigenvalue weighted by Crippen LogP contribution is -2.27. The number of carbonyl (C=O) groups excluding carboxylic acids is 2. The second kappa shape index (κ2) is 8.05. The van der Waals surface area contributed by atoms with Gasteiger partial charge in [0.1, 0.15) is 5.82 Å². The van der Waals surface area contributed by atoms with Crippen LogP contribution >= 0.6 is 0 Å². The van der Waals surface area contributed by atoms with E-state index in [1.54, 1.807) is 31.4 Å². The predicted molar refractivity (Wildman–Crippen MR) is 85.0 cm³/mol. The molecule has 0 unspecified atom stereocenters. The summed E-state index contributed by atoms with van der Waals surface area (Å²) < 4.78 is 18.4. The highest BCUT2D eigenvalue weighted by Gasteiger charge is 2.10. The highest BCUT2D eigenvalue weighted by Crippen LogP contribution is 2.14. The van der Waals surface area contributed by atoms with Crippen LogP contribution in [0.4, 0.5) is 10.1 Å². The summed E-state index contributed by atoms with van der Waals surface area (Å²) >= 11 is 0. The van der Waals surface area contributed by atoms with Crippen molar-refractivity contribution in [2.45, 2.75) is 0 Å². The summed E-state index contributed by atoms with van der Waals surface area (Å²) in [6.45, 7) is 0.833. The van der Waals surface area contributed by atoms with E-state index >= 15 is 0 Å². The molecule has 0 aliphatic rings. The fourth-order valence-electron chi connectivity index (χ4n) is 1.90. The lowest BCUT2D eigenvalue weighted by atomic mass is 10.1. The quantitative estimate of drug-likeness (QED) is 0.805. The molecule has 0 radical (unpaired) electrons. The number of hydrogen-bond acceptors (Lipinski definition) is 3. The SMILES string of the molecule is COCCNC(=O)c1ccc(C(=O)Nc2ccccc2F)cc1. The number of ether oxygens (including phenoxy) is 1. The van der Waals surface area contributed by atoms with Crippen molar-refractivity contribution >= 4 is 17.5 Å². The Morgan fingerprint density at radius 2 is 1.61 bits per heavy atom. The third-order valence-corrected chi connectivity index (χ3v) is 3.12. The molecule has 120 valence electrons. The average Bonchev–Trinajstić information content (AvgIpc) is 2.57. The van der Waals surface area contributed by atoms with E-state index in [2.05, 4.69) is 10.6 Å². The van der Waals surface area contributed by atoms with E-state index in [4.69, 9.17) is 4.74 Å². The normalized spacial score (nSPS) is 10.2. The summed E-state index contributed by atoms with van der Waals surface area (Å²) in [5.74, 6) is -1.19. The Kier molecular flexibility index (Phi) is 5.82. The largest absolute Gasteiger partial charge is 0.383 e. The molecule has 2 rings (SSSR count). The van der Waals surface area contributed by atoms with E-state index in [-0.39, 0.29) is 11.6 Å². The van der Waals surface area contributed by atoms with Crippen molar-refractivity contribution in [3.05, 3.63) is 65.5 Å². The van der Waals surface area contributed by atoms with Gasteiger partial charge < -0.3 is 15.4 Å². The van der Waals surface area contributed by atoms with Crippen LogP contribution in [-0.4, -0.2) is 32.1 Å². The monoisotopic (exact) mass is 316 g/mol. The van der Waals surface area contributed by atoms with Crippen molar-refractivity contribution in [2.24, 2.45) is 0 Å². The molecule has 0 fully saturated rings. The van der Waals surface area contributed by atoms with Crippen LogP contribution in [0.5, 0.6) is 0 Å². The van der Waals surface area contributed by atoms with Gasteiger partial charge in [0.25, 0.3) is 11.8 Å². The predicted octanol–water partition coefficient (Wildman–Crippen LogP) is 2.45. The van der Waals surface area contributed by atoms with Gasteiger partial charge in [-0.25, -0.2) is 4.39 Å². The molecule has 5 nitrogen and oxygen atoms in total. The standard InChI is InChI=1S/C17H17FN2O3/c1-23-11-10-19-16(21)12-6-8-13(9-7-12)17(22)20-15-5-3-2-4-14(15)18/h2-9H,10-11H2,1H3,(H,19,21)(H,20,22). The third-order valence-electron chi connectivity index (χ3n) is 3.12. The van der Waals surface area contributed by atoms with Crippen molar-refractivity contribution < 1.29 is 18.7 Å². The number of hydrogen-bond donors (Lipinski definition) is 2. The van der Waals surface area contributed by atoms with Crippen molar-refractivity contribution in [3.63, 3.8) is 0 Å². The van der Waals surface area contributed by atoms with Crippen molar-refractivity contribution in [3.8, 4) is 0 Å². The first-order valence-electron chi connectivity index (χ1n) is 7.05. The van der Waals surface area contributed by atoms with E-state index < -0.39 is 11.7 Å². The zero-order valence-corrected chi connectivity index (χ0v) is 12.6. The Morgan fingerprint density at radius 3 is 2.22 bits per heavy atom. The van der Waals surface area contributed by atoms with Gasteiger partial charge in [-0.3, -0.25) is 9.59 Å². The smallest absolute Gasteiger partial charge is 0.255 e. The number of nitrogens with one attached hydrogen (secondary N) is 2. The number of amides is 2. The van der Waals surface area contributed by atoms with Crippen molar-refractivity contribution in [1.29, 1.82) is 0 Å². The van der Waals surface area contributed by atoms with E-state index in [0.717, 1.165) is 0 Å². The number of benzene rings is 2. The third kappa shape index (κ3) is 4.62. The maximum atomic E-state index is 13.5. The van der Waals surface area contributed by atoms with Gasteiger partial charge in [0.15, 0.2) is 0 Å². The van der Waals surface area contributed by atoms with Gasteiger partial charge in [0, 0.05) is 24.8 Å². The van der Waals surface area contributed by atoms with E-state index in [1.165, 1.54) is 24.3 Å². The lowest BCUT2D eigenvalue weighted by Gasteiger charge is -2.07. The average molecular weight is 316 g/mol. The highest BCUT2D eigenvalue weighted by atomic mass is 19.1. The van der Waals surface area contributed by atoms with E-state index in [9.17, 15) is 14.0 Å². The molecule has 6 heteroatoms. The molecule has 0 atom stereocenters. The van der Waals surface area contributed by atoms with Crippen molar-refractivity contribution in [2.75, 3.05) is 25.6 Å². The van der Waals surface area contributed by atoms with Crippen LogP contribution in [0.2, 0.25) is 0 Å². The lowest BCUT2D eigenvalue weighted by molar-refractivity contribution is 0.0935. The molecule has 0 aromatic heterocycles. The van der Waals surface area contributed by atoms with Gasteiger partial charge in [-0.05, 0) is 36.4 Å². The second-order valence-corrected chi connectivity index (χ2v) is 4.76. The summed E-state index contributed by atoms with van der Waals surface area (Å²) in [5, 5.41) is 5.17. The molecule has 2 aromatic carbocycles. The van der Waals surface area contributed by atoms with Gasteiger partial charge >= 0.3 is 0 Å². The van der Waals surface area contributed by atoms with Crippen LogP contribution in [0.15, 0.2) is 48.5 Å². The van der Waals surface area contributed by atoms with E-state index in [0.29, 0.717) is 24.3 Å². The molecule has 0 saturated carbocycles. The summed E-state index contributed by atoms with van der Waals surface area (Å²) in [5.41, 5.74) is 0.879. The Morgan fingerprint density at radius 1 is 1.00 bits per heavy atom. The number of methoxy groups -OCH3 is 1. The van der Waals surface area contributed by atoms with Crippen LogP contribution in [0, 0.1) is 5.82 Å². The second-order valence-electron chi connectivity index (χ2n) is 4.76. The molecule has 2 N–H and O–H groups in total. The minimum Gasteiger partial charge on any atom is -0.383 e. The summed E-state index contributed by atoms with van der Waals surface area (Å²) in [6.07, 6.45) is 0. The van der Waals surface area contributed by atoms with Crippen LogP contribution in [0.3, 0.4) is 0 Å². The molecule has 2 aromatic rings. The fraction of sp³-hybridized carbons (Fsp3) is 0.176. The number of para-hydroxylation sites is 1. The zero-order valence-electron chi connectivity index (χ0n) is 12.6. The van der Waals surface area contributed by atoms with Gasteiger partial charge in [-0.1, -0.05) is 12.1 Å². The first-order chi connectivity index (χ1) is 11.1. The molecule has 0 aliphatic carbocycles. The molecular weight excluding hydrogens is 299 g/mol. The zero-order chi connectivity index (χ0) is 16.7. The van der Waals surface area contributed by atoms with Gasteiger partial charge in [0.05, 0.1) is 12.3 Å². The maximum absolute atomic E-state index is 13.5. The highest BCUT2D eigenvalue weighted by molar-refractivity contribution is 6.05. The first kappa shape index (κ1) is 16.6. The fourth-order valence-corrected chi connectivity index (χ4v) is 1.90. The number of rotatable bonds is 6. The molecule has 23 heavy (non-hydrogen) atoms. The van der Waals surface area contributed by atoms with Crippen LogP contribution in [0.1, 0.15) is 20.7 Å².